The maximum atomic E-state index is 2.48. The topological polar surface area (TPSA) is 3.24 Å². The van der Waals surface area contributed by atoms with Crippen LogP contribution in [-0.2, 0) is 10.8 Å². The van der Waals surface area contributed by atoms with E-state index in [-0.39, 0.29) is 5.41 Å². The lowest BCUT2D eigenvalue weighted by molar-refractivity contribution is 0.794. The van der Waals surface area contributed by atoms with E-state index in [1.165, 1.54) is 122 Å². The number of hydrogen-bond acceptors (Lipinski definition) is 1. The molecule has 1 nitrogen and oxygen atoms in total. The van der Waals surface area contributed by atoms with Crippen LogP contribution in [0.2, 0.25) is 0 Å². The summed E-state index contributed by atoms with van der Waals surface area (Å²) in [6.07, 6.45) is 0. The molecule has 0 saturated heterocycles. The van der Waals surface area contributed by atoms with Gasteiger partial charge in [-0.25, -0.2) is 0 Å². The number of anilines is 3. The number of benzene rings is 12. The molecular weight excluding hydrogens is 879 g/mol. The Morgan fingerprint density at radius 3 is 1.14 bits per heavy atom. The van der Waals surface area contributed by atoms with Crippen molar-refractivity contribution in [3.63, 3.8) is 0 Å². The predicted octanol–water partition coefficient (Wildman–Crippen LogP) is 18.3. The van der Waals surface area contributed by atoms with Crippen LogP contribution in [0, 0.1) is 0 Å². The SMILES string of the molecule is c1ccc2c(c1)-c1ccccc1C21c2ccccc2-c2ccc(-c3ccc(N(c4ccc(-c5cccc6c5C5(c7ccccc7-c7ccccc75)c5ccccc5-6)cc4)c4cccc5ccccc45)cc3)cc21. The minimum Gasteiger partial charge on any atom is -0.310 e. The Morgan fingerprint density at radius 2 is 0.603 bits per heavy atom. The van der Waals surface area contributed by atoms with Gasteiger partial charge in [-0.05, 0) is 153 Å². The van der Waals surface area contributed by atoms with Gasteiger partial charge in [0.25, 0.3) is 0 Å². The van der Waals surface area contributed by atoms with E-state index in [4.69, 9.17) is 0 Å². The summed E-state index contributed by atoms with van der Waals surface area (Å²) in [6, 6.07) is 103. The zero-order chi connectivity index (χ0) is 47.8. The molecule has 0 bridgehead atoms. The van der Waals surface area contributed by atoms with Crippen molar-refractivity contribution in [1.29, 1.82) is 0 Å². The molecule has 0 heterocycles. The van der Waals surface area contributed by atoms with E-state index in [0.717, 1.165) is 17.1 Å². The van der Waals surface area contributed by atoms with Crippen molar-refractivity contribution < 1.29 is 0 Å². The van der Waals surface area contributed by atoms with Crippen LogP contribution in [0.1, 0.15) is 44.5 Å². The Labute approximate surface area is 425 Å². The minimum atomic E-state index is -0.430. The highest BCUT2D eigenvalue weighted by molar-refractivity contribution is 6.02. The molecule has 0 aromatic heterocycles. The number of fused-ring (bicyclic) bond motifs is 21. The van der Waals surface area contributed by atoms with Crippen LogP contribution in [0.4, 0.5) is 17.1 Å². The molecular formula is C72H45N. The average molecular weight is 924 g/mol. The Hall–Kier alpha value is -9.30. The van der Waals surface area contributed by atoms with Crippen molar-refractivity contribution in [2.24, 2.45) is 0 Å². The molecule has 0 N–H and O–H groups in total. The number of rotatable bonds is 5. The molecule has 0 amide bonds. The van der Waals surface area contributed by atoms with E-state index >= 15 is 0 Å². The van der Waals surface area contributed by atoms with Gasteiger partial charge in [0.2, 0.25) is 0 Å². The molecule has 338 valence electrons. The second-order valence-electron chi connectivity index (χ2n) is 20.2. The first-order valence-corrected chi connectivity index (χ1v) is 25.6. The van der Waals surface area contributed by atoms with Gasteiger partial charge in [0, 0.05) is 16.8 Å². The standard InChI is InChI=1S/C72H45N/c1-2-19-52-47(17-1)18-15-34-69(52)73(50-40-35-46(36-41-50)49-39-44-60-58-24-5-11-30-64(58)71(68(60)45-49)62-28-9-3-20-54(62)55-21-4-10-29-63(55)71)51-42-37-48(38-43-51)53-26-16-27-61-59-25-8-14-33-67(59)72(70(53)61)65-31-12-6-22-56(65)57-23-7-13-32-66(57)72/h1-45H. The Morgan fingerprint density at radius 1 is 0.233 bits per heavy atom. The van der Waals surface area contributed by atoms with Crippen molar-refractivity contribution in [3.8, 4) is 66.8 Å². The maximum absolute atomic E-state index is 2.48. The first-order valence-electron chi connectivity index (χ1n) is 25.6. The molecule has 0 radical (unpaired) electrons. The molecule has 0 aliphatic heterocycles. The molecule has 73 heavy (non-hydrogen) atoms. The number of hydrogen-bond donors (Lipinski definition) is 0. The average Bonchev–Trinajstić information content (AvgIpc) is 4.16. The van der Waals surface area contributed by atoms with E-state index < -0.39 is 5.41 Å². The Bertz CT molecular complexity index is 4140. The summed E-state index contributed by atoms with van der Waals surface area (Å²) in [5.74, 6) is 0. The van der Waals surface area contributed by atoms with Gasteiger partial charge < -0.3 is 4.90 Å². The summed E-state index contributed by atoms with van der Waals surface area (Å²) in [5, 5.41) is 2.42. The third-order valence-electron chi connectivity index (χ3n) is 16.9. The van der Waals surface area contributed by atoms with Crippen LogP contribution >= 0.6 is 0 Å². The van der Waals surface area contributed by atoms with Gasteiger partial charge in [-0.1, -0.05) is 237 Å². The lowest BCUT2D eigenvalue weighted by atomic mass is 9.68. The second-order valence-corrected chi connectivity index (χ2v) is 20.2. The molecule has 0 atom stereocenters. The van der Waals surface area contributed by atoms with Crippen molar-refractivity contribution in [2.45, 2.75) is 10.8 Å². The summed E-state index contributed by atoms with van der Waals surface area (Å²) in [4.78, 5) is 2.44. The van der Waals surface area contributed by atoms with Gasteiger partial charge >= 0.3 is 0 Å². The monoisotopic (exact) mass is 923 g/mol. The summed E-state index contributed by atoms with van der Waals surface area (Å²) in [7, 11) is 0. The lowest BCUT2D eigenvalue weighted by Gasteiger charge is -2.32. The van der Waals surface area contributed by atoms with Gasteiger partial charge in [-0.2, -0.15) is 0 Å². The van der Waals surface area contributed by atoms with Gasteiger partial charge in [0.05, 0.1) is 16.5 Å². The molecule has 0 unspecified atom stereocenters. The summed E-state index contributed by atoms with van der Waals surface area (Å²) < 4.78 is 0. The summed E-state index contributed by atoms with van der Waals surface area (Å²) in [5.41, 5.74) is 28.8. The molecule has 0 fully saturated rings. The molecule has 12 aromatic rings. The van der Waals surface area contributed by atoms with Gasteiger partial charge in [0.15, 0.2) is 0 Å². The molecule has 0 saturated carbocycles. The zero-order valence-electron chi connectivity index (χ0n) is 39.9. The molecule has 1 heteroatoms. The summed E-state index contributed by atoms with van der Waals surface area (Å²) >= 11 is 0. The predicted molar refractivity (Wildman–Crippen MR) is 302 cm³/mol. The van der Waals surface area contributed by atoms with Crippen molar-refractivity contribution in [2.75, 3.05) is 4.90 Å². The molecule has 12 aromatic carbocycles. The van der Waals surface area contributed by atoms with Gasteiger partial charge in [-0.15, -0.1) is 0 Å². The maximum Gasteiger partial charge on any atom is 0.0731 e. The Balaban J connectivity index is 0.829. The highest BCUT2D eigenvalue weighted by Gasteiger charge is 2.53. The highest BCUT2D eigenvalue weighted by Crippen LogP contribution is 2.65. The van der Waals surface area contributed by atoms with Crippen LogP contribution in [-0.4, -0.2) is 0 Å². The first kappa shape index (κ1) is 40.4. The van der Waals surface area contributed by atoms with E-state index in [1.807, 2.05) is 0 Å². The van der Waals surface area contributed by atoms with E-state index in [0.29, 0.717) is 0 Å². The molecule has 2 spiro atoms. The fourth-order valence-electron chi connectivity index (χ4n) is 14.1. The number of nitrogens with zero attached hydrogens (tertiary/aromatic N) is 1. The van der Waals surface area contributed by atoms with Crippen LogP contribution in [0.25, 0.3) is 77.5 Å². The highest BCUT2D eigenvalue weighted by atomic mass is 15.1. The minimum absolute atomic E-state index is 0.386. The van der Waals surface area contributed by atoms with E-state index in [2.05, 4.69) is 278 Å². The van der Waals surface area contributed by atoms with E-state index in [9.17, 15) is 0 Å². The molecule has 4 aliphatic rings. The van der Waals surface area contributed by atoms with Crippen molar-refractivity contribution in [1.82, 2.24) is 0 Å². The molecule has 16 rings (SSSR count). The van der Waals surface area contributed by atoms with Crippen LogP contribution < -0.4 is 4.90 Å². The summed E-state index contributed by atoms with van der Waals surface area (Å²) in [6.45, 7) is 0. The second kappa shape index (κ2) is 15.1. The van der Waals surface area contributed by atoms with Crippen LogP contribution in [0.5, 0.6) is 0 Å². The third-order valence-corrected chi connectivity index (χ3v) is 16.9. The first-order chi connectivity index (χ1) is 36.2. The van der Waals surface area contributed by atoms with Crippen LogP contribution in [0.3, 0.4) is 0 Å². The van der Waals surface area contributed by atoms with Crippen molar-refractivity contribution >= 4 is 27.8 Å². The van der Waals surface area contributed by atoms with Gasteiger partial charge in [0.1, 0.15) is 0 Å². The zero-order valence-corrected chi connectivity index (χ0v) is 39.9. The van der Waals surface area contributed by atoms with Gasteiger partial charge in [-0.3, -0.25) is 0 Å². The smallest absolute Gasteiger partial charge is 0.0731 e. The molecule has 4 aliphatic carbocycles. The third kappa shape index (κ3) is 5.30. The lowest BCUT2D eigenvalue weighted by Crippen LogP contribution is -2.26. The fourth-order valence-corrected chi connectivity index (χ4v) is 14.1. The largest absolute Gasteiger partial charge is 0.310 e. The normalized spacial score (nSPS) is 14.0. The quantitative estimate of drug-likeness (QED) is 0.166. The van der Waals surface area contributed by atoms with Crippen LogP contribution in [0.15, 0.2) is 273 Å². The van der Waals surface area contributed by atoms with E-state index in [1.54, 1.807) is 0 Å². The fraction of sp³-hybridized carbons (Fsp3) is 0.0278. The Kier molecular flexibility index (Phi) is 8.37. The van der Waals surface area contributed by atoms with Crippen molar-refractivity contribution in [3.05, 3.63) is 317 Å².